The summed E-state index contributed by atoms with van der Waals surface area (Å²) < 4.78 is 0. The average Bonchev–Trinajstić information content (AvgIpc) is 1.57. The summed E-state index contributed by atoms with van der Waals surface area (Å²) in [5, 5.41) is 13.3. The van der Waals surface area contributed by atoms with Crippen LogP contribution in [0.1, 0.15) is 105 Å². The molecule has 0 N–H and O–H groups in total. The number of hydrogen-bond donors (Lipinski definition) is 0. The van der Waals surface area contributed by atoms with Crippen molar-refractivity contribution < 1.29 is 21.1 Å². The topological polar surface area (TPSA) is 54.0 Å². The molecule has 97 heavy (non-hydrogen) atoms. The number of nitrogens with zero attached hydrogens (tertiary/aromatic N) is 4. The van der Waals surface area contributed by atoms with Gasteiger partial charge in [0.25, 0.3) is 0 Å². The van der Waals surface area contributed by atoms with Gasteiger partial charge in [0.2, 0.25) is 0 Å². The number of rotatable bonds is 4. The van der Waals surface area contributed by atoms with Crippen molar-refractivity contribution in [3.63, 3.8) is 0 Å². The number of aromatic nitrogens is 4. The molecular weight excluding hydrogens is 1360 g/mol. The fourth-order valence-corrected chi connectivity index (χ4v) is 15.1. The zero-order chi connectivity index (χ0) is 65.9. The van der Waals surface area contributed by atoms with Gasteiger partial charge in [-0.1, -0.05) is 277 Å². The van der Waals surface area contributed by atoms with E-state index in [9.17, 15) is 0 Å². The van der Waals surface area contributed by atoms with Crippen LogP contribution >= 0.6 is 0 Å². The Morgan fingerprint density at radius 3 is 0.619 bits per heavy atom. The van der Waals surface area contributed by atoms with Gasteiger partial charge in [0.1, 0.15) is 0 Å². The molecule has 0 amide bonds. The van der Waals surface area contributed by atoms with Gasteiger partial charge in [-0.3, -0.25) is 0 Å². The minimum absolute atomic E-state index is 0. The molecule has 12 aromatic carbocycles. The van der Waals surface area contributed by atoms with E-state index >= 15 is 0 Å². The molecule has 0 atom stereocenters. The molecule has 474 valence electrons. The molecule has 3 aliphatic rings. The summed E-state index contributed by atoms with van der Waals surface area (Å²) >= 11 is 0. The van der Waals surface area contributed by atoms with Gasteiger partial charge < -0.3 is 9.97 Å². The quantitative estimate of drug-likeness (QED) is 0.176. The van der Waals surface area contributed by atoms with Crippen molar-refractivity contribution in [1.29, 1.82) is 0 Å². The van der Waals surface area contributed by atoms with Crippen molar-refractivity contribution in [1.82, 2.24) is 19.9 Å². The Kier molecular flexibility index (Phi) is 14.4. The first-order chi connectivity index (χ1) is 46.1. The van der Waals surface area contributed by atoms with E-state index in [0.29, 0.717) is 0 Å². The summed E-state index contributed by atoms with van der Waals surface area (Å²) in [5.41, 5.74) is 23.3. The van der Waals surface area contributed by atoms with Gasteiger partial charge in [0.05, 0.1) is 22.8 Å². The van der Waals surface area contributed by atoms with Crippen LogP contribution in [0.25, 0.3) is 176 Å². The summed E-state index contributed by atoms with van der Waals surface area (Å²) in [7, 11) is 0. The minimum atomic E-state index is -0.179. The maximum Gasteiger partial charge on any atom is 2.00 e. The predicted octanol–water partition coefficient (Wildman–Crippen LogP) is 25.0. The Labute approximate surface area is 582 Å². The van der Waals surface area contributed by atoms with Crippen molar-refractivity contribution in [2.45, 2.75) is 105 Å². The van der Waals surface area contributed by atoms with E-state index in [-0.39, 0.29) is 42.7 Å². The Morgan fingerprint density at radius 2 is 0.423 bits per heavy atom. The zero-order valence-electron chi connectivity index (χ0n) is 57.2. The van der Waals surface area contributed by atoms with Crippen LogP contribution in [0, 0.1) is 0 Å². The van der Waals surface area contributed by atoms with Gasteiger partial charge in [-0.2, -0.15) is 0 Å². The summed E-state index contributed by atoms with van der Waals surface area (Å²) in [6.45, 7) is 27.7. The van der Waals surface area contributed by atoms with Gasteiger partial charge >= 0.3 is 21.1 Å². The van der Waals surface area contributed by atoms with Crippen molar-refractivity contribution in [2.24, 2.45) is 0 Å². The Hall–Kier alpha value is -9.99. The SMILES string of the molecule is CC(C)(C)c1cccc(-c2c3nc(c(-c4cccc(C(C)(C)C)c4)c4[n-]c(c(-c5cccc(C(C)(C)C)c5)c5nc(c(-c6cccc(C(C)(C)C)c6)c6[n-]c2c2cc7ccccc7cc62)-c2cc6ccccc6cc2-5)c2cc5ccccc5cc42)-c2cc4ccccc4cc2-3)c1.[Pt+2]. The average molecular weight is 1430 g/mol. The largest absolute Gasteiger partial charge is 2.00 e. The fourth-order valence-electron chi connectivity index (χ4n) is 15.1. The molecule has 4 nitrogen and oxygen atoms in total. The van der Waals surface area contributed by atoms with Gasteiger partial charge in [-0.25, -0.2) is 9.97 Å². The van der Waals surface area contributed by atoms with E-state index in [4.69, 9.17) is 19.9 Å². The van der Waals surface area contributed by atoms with Crippen LogP contribution in [0.4, 0.5) is 0 Å². The molecule has 2 aromatic heterocycles. The molecule has 0 fully saturated rings. The van der Waals surface area contributed by atoms with E-state index in [2.05, 4.69) is 326 Å². The molecule has 0 unspecified atom stereocenters. The van der Waals surface area contributed by atoms with Crippen LogP contribution in [0.3, 0.4) is 0 Å². The first-order valence-electron chi connectivity index (χ1n) is 34.0. The molecule has 0 saturated carbocycles. The van der Waals surface area contributed by atoms with E-state index in [1.807, 2.05) is 0 Å². The van der Waals surface area contributed by atoms with E-state index in [0.717, 1.165) is 176 Å². The van der Waals surface area contributed by atoms with Crippen LogP contribution < -0.4 is 9.97 Å². The molecule has 0 saturated heterocycles. The molecule has 0 radical (unpaired) electrons. The van der Waals surface area contributed by atoms with Crippen molar-refractivity contribution in [2.75, 3.05) is 0 Å². The molecule has 4 heterocycles. The number of benzene rings is 12. The maximum atomic E-state index is 6.39. The van der Waals surface area contributed by atoms with Gasteiger partial charge in [0.15, 0.2) is 0 Å². The molecule has 0 spiro atoms. The Morgan fingerprint density at radius 1 is 0.227 bits per heavy atom. The molecule has 2 aliphatic heterocycles. The number of fused-ring (bicyclic) bond motifs is 4. The Balaban J connectivity index is 0.00000738. The molecule has 8 bridgehead atoms. The Bertz CT molecular complexity index is 5280. The summed E-state index contributed by atoms with van der Waals surface area (Å²) in [6.07, 6.45) is 0. The summed E-state index contributed by atoms with van der Waals surface area (Å²) in [4.78, 5) is 25.5. The maximum absolute atomic E-state index is 6.39. The van der Waals surface area contributed by atoms with E-state index in [1.165, 1.54) is 22.3 Å². The van der Waals surface area contributed by atoms with Gasteiger partial charge in [0, 0.05) is 22.3 Å². The smallest absolute Gasteiger partial charge is 0.656 e. The molecular formula is C92H76N4Pt. The third-order valence-corrected chi connectivity index (χ3v) is 20.4. The third-order valence-electron chi connectivity index (χ3n) is 20.4. The molecule has 14 aromatic rings. The monoisotopic (exact) mass is 1430 g/mol. The number of hydrogen-bond acceptors (Lipinski definition) is 2. The second-order valence-electron chi connectivity index (χ2n) is 31.0. The molecule has 5 heteroatoms. The normalized spacial score (nSPS) is 12.7. The van der Waals surface area contributed by atoms with Crippen molar-refractivity contribution >= 4 is 86.7 Å². The summed E-state index contributed by atoms with van der Waals surface area (Å²) in [5.74, 6) is 0. The second kappa shape index (κ2) is 22.6. The molecule has 1 aliphatic carbocycles. The minimum Gasteiger partial charge on any atom is -0.656 e. The van der Waals surface area contributed by atoms with Crippen LogP contribution in [0.15, 0.2) is 243 Å². The van der Waals surface area contributed by atoms with Crippen LogP contribution in [0.5, 0.6) is 0 Å². The van der Waals surface area contributed by atoms with Gasteiger partial charge in [-0.15, -0.1) is 22.1 Å². The van der Waals surface area contributed by atoms with Crippen molar-refractivity contribution in [3.8, 4) is 89.5 Å². The van der Waals surface area contributed by atoms with Gasteiger partial charge in [-0.05, 0) is 202 Å². The standard InChI is InChI=1S/C92H76N4.Pt/c1-89(2,3)65-37-21-33-61(41-65)77-81-69-45-53-25-13-15-27-55(53)47-71(69)83(93-81)78(62-34-22-38-66(42-62)90(4,5)6)85-73-49-57-29-17-19-31-59(57)51-75(73)87(95-85)80(64-36-24-40-68(44-64)92(10,11)12)88-76-52-60-32-20-18-30-58(60)50-74(76)86(96-88)79(63-35-23-39-67(43-63)91(7,8)9)84-72-48-56-28-16-14-26-54(56)46-70(72)82(77)94-84;/h13-52H,1-12H3;/q-2;+2. The van der Waals surface area contributed by atoms with E-state index in [1.54, 1.807) is 0 Å². The van der Waals surface area contributed by atoms with E-state index < -0.39 is 0 Å². The predicted molar refractivity (Wildman–Crippen MR) is 409 cm³/mol. The zero-order valence-corrected chi connectivity index (χ0v) is 59.5. The fraction of sp³-hybridized carbons (Fsp3) is 0.174. The first kappa shape index (κ1) is 61.9. The third kappa shape index (κ3) is 10.4. The van der Waals surface area contributed by atoms with Crippen LogP contribution in [0.2, 0.25) is 0 Å². The molecule has 17 rings (SSSR count). The first-order valence-corrected chi connectivity index (χ1v) is 34.0. The van der Waals surface area contributed by atoms with Crippen LogP contribution in [-0.4, -0.2) is 9.97 Å². The van der Waals surface area contributed by atoms with Crippen LogP contribution in [-0.2, 0) is 42.7 Å². The summed E-state index contributed by atoms with van der Waals surface area (Å²) in [6, 6.07) is 91.2. The second-order valence-corrected chi connectivity index (χ2v) is 31.0. The van der Waals surface area contributed by atoms with Crippen molar-refractivity contribution in [3.05, 3.63) is 265 Å².